The first-order valence-electron chi connectivity index (χ1n) is 8.16. The van der Waals surface area contributed by atoms with Crippen LogP contribution < -0.4 is 4.90 Å². The fourth-order valence-corrected chi connectivity index (χ4v) is 3.17. The molecule has 1 saturated heterocycles. The Labute approximate surface area is 155 Å². The van der Waals surface area contributed by atoms with Crippen LogP contribution in [0.3, 0.4) is 0 Å². The number of rotatable bonds is 3. The van der Waals surface area contributed by atoms with Gasteiger partial charge in [0.1, 0.15) is 18.2 Å². The minimum absolute atomic E-state index is 0.0471. The molecule has 0 N–H and O–H groups in total. The van der Waals surface area contributed by atoms with Crippen molar-refractivity contribution in [1.29, 1.82) is 0 Å². The summed E-state index contributed by atoms with van der Waals surface area (Å²) in [4.78, 5) is 28.0. The Kier molecular flexibility index (Phi) is 5.23. The molecule has 0 saturated carbocycles. The van der Waals surface area contributed by atoms with Gasteiger partial charge in [-0.15, -0.1) is 0 Å². The SMILES string of the molecule is CC(C(=O)N1CCN(c2cccc(F)c2)C(=O)C1)c1ccc(F)c(Cl)c1. The average molecular weight is 379 g/mol. The Balaban J connectivity index is 1.70. The summed E-state index contributed by atoms with van der Waals surface area (Å²) in [6, 6.07) is 9.94. The fraction of sp³-hybridized carbons (Fsp3) is 0.263. The van der Waals surface area contributed by atoms with Crippen molar-refractivity contribution in [3.8, 4) is 0 Å². The van der Waals surface area contributed by atoms with E-state index in [0.29, 0.717) is 17.8 Å². The largest absolute Gasteiger partial charge is 0.331 e. The number of halogens is 3. The molecule has 1 unspecified atom stereocenters. The Morgan fingerprint density at radius 2 is 1.92 bits per heavy atom. The van der Waals surface area contributed by atoms with Crippen molar-refractivity contribution in [2.75, 3.05) is 24.5 Å². The van der Waals surface area contributed by atoms with Gasteiger partial charge in [-0.2, -0.15) is 0 Å². The van der Waals surface area contributed by atoms with Crippen LogP contribution >= 0.6 is 11.6 Å². The third-order valence-electron chi connectivity index (χ3n) is 4.47. The molecule has 2 aromatic rings. The van der Waals surface area contributed by atoms with E-state index in [1.165, 1.54) is 46.2 Å². The zero-order chi connectivity index (χ0) is 18.8. The highest BCUT2D eigenvalue weighted by Gasteiger charge is 2.31. The lowest BCUT2D eigenvalue weighted by Gasteiger charge is -2.35. The molecule has 1 aliphatic heterocycles. The number of carbonyl (C=O) groups excluding carboxylic acids is 2. The second-order valence-electron chi connectivity index (χ2n) is 6.18. The van der Waals surface area contributed by atoms with Gasteiger partial charge in [0.15, 0.2) is 0 Å². The highest BCUT2D eigenvalue weighted by atomic mass is 35.5. The van der Waals surface area contributed by atoms with E-state index in [2.05, 4.69) is 0 Å². The average Bonchev–Trinajstić information content (AvgIpc) is 2.62. The van der Waals surface area contributed by atoms with Gasteiger partial charge in [0.05, 0.1) is 10.9 Å². The quantitative estimate of drug-likeness (QED) is 0.818. The summed E-state index contributed by atoms with van der Waals surface area (Å²) in [7, 11) is 0. The lowest BCUT2D eigenvalue weighted by Crippen LogP contribution is -2.53. The first-order chi connectivity index (χ1) is 12.4. The highest BCUT2D eigenvalue weighted by Crippen LogP contribution is 2.25. The molecule has 1 fully saturated rings. The maximum absolute atomic E-state index is 13.4. The number of hydrogen-bond acceptors (Lipinski definition) is 2. The molecule has 2 amide bonds. The fourth-order valence-electron chi connectivity index (χ4n) is 2.98. The normalized spacial score (nSPS) is 15.9. The summed E-state index contributed by atoms with van der Waals surface area (Å²) in [5.74, 6) is -2.04. The molecule has 1 heterocycles. The van der Waals surface area contributed by atoms with Crippen molar-refractivity contribution in [3.63, 3.8) is 0 Å². The zero-order valence-corrected chi connectivity index (χ0v) is 14.8. The van der Waals surface area contributed by atoms with E-state index in [1.54, 1.807) is 13.0 Å². The molecule has 136 valence electrons. The summed E-state index contributed by atoms with van der Waals surface area (Å²) in [6.45, 7) is 2.22. The summed E-state index contributed by atoms with van der Waals surface area (Å²) in [5, 5.41) is -0.0471. The van der Waals surface area contributed by atoms with Crippen LogP contribution in [-0.4, -0.2) is 36.3 Å². The first-order valence-corrected chi connectivity index (χ1v) is 8.54. The van der Waals surface area contributed by atoms with Gasteiger partial charge < -0.3 is 9.80 Å². The van der Waals surface area contributed by atoms with E-state index in [1.807, 2.05) is 0 Å². The molecule has 4 nitrogen and oxygen atoms in total. The molecule has 0 spiro atoms. The number of amides is 2. The Hall–Kier alpha value is -2.47. The molecule has 7 heteroatoms. The molecule has 0 aromatic heterocycles. The van der Waals surface area contributed by atoms with Gasteiger partial charge in [-0.1, -0.05) is 23.7 Å². The zero-order valence-electron chi connectivity index (χ0n) is 14.1. The number of hydrogen-bond donors (Lipinski definition) is 0. The predicted molar refractivity (Wildman–Crippen MR) is 95.2 cm³/mol. The van der Waals surface area contributed by atoms with Crippen molar-refractivity contribution in [2.24, 2.45) is 0 Å². The van der Waals surface area contributed by atoms with Crippen molar-refractivity contribution < 1.29 is 18.4 Å². The maximum atomic E-state index is 13.4. The molecule has 0 radical (unpaired) electrons. The van der Waals surface area contributed by atoms with E-state index in [0.717, 1.165) is 0 Å². The minimum atomic E-state index is -0.554. The predicted octanol–water partition coefficient (Wildman–Crippen LogP) is 3.60. The first kappa shape index (κ1) is 18.3. The summed E-state index contributed by atoms with van der Waals surface area (Å²) >= 11 is 5.78. The number of nitrogens with zero attached hydrogens (tertiary/aromatic N) is 2. The Bertz CT molecular complexity index is 859. The minimum Gasteiger partial charge on any atom is -0.331 e. The third-order valence-corrected chi connectivity index (χ3v) is 4.76. The van der Waals surface area contributed by atoms with E-state index in [-0.39, 0.29) is 29.9 Å². The molecule has 0 bridgehead atoms. The summed E-state index contributed by atoms with van der Waals surface area (Å²) < 4.78 is 26.7. The molecule has 0 aliphatic carbocycles. The van der Waals surface area contributed by atoms with Crippen LogP contribution in [0.5, 0.6) is 0 Å². The van der Waals surface area contributed by atoms with Crippen LogP contribution in [0.25, 0.3) is 0 Å². The third kappa shape index (κ3) is 3.70. The van der Waals surface area contributed by atoms with Crippen molar-refractivity contribution in [3.05, 3.63) is 64.7 Å². The van der Waals surface area contributed by atoms with Gasteiger partial charge in [-0.05, 0) is 42.8 Å². The van der Waals surface area contributed by atoms with Gasteiger partial charge in [0, 0.05) is 18.8 Å². The number of benzene rings is 2. The summed E-state index contributed by atoms with van der Waals surface area (Å²) in [6.07, 6.45) is 0. The molecule has 2 aromatic carbocycles. The van der Waals surface area contributed by atoms with Crippen molar-refractivity contribution in [2.45, 2.75) is 12.8 Å². The topological polar surface area (TPSA) is 40.6 Å². The van der Waals surface area contributed by atoms with E-state index in [9.17, 15) is 18.4 Å². The van der Waals surface area contributed by atoms with Crippen LogP contribution in [0.15, 0.2) is 42.5 Å². The van der Waals surface area contributed by atoms with Crippen LogP contribution in [-0.2, 0) is 9.59 Å². The smallest absolute Gasteiger partial charge is 0.246 e. The lowest BCUT2D eigenvalue weighted by molar-refractivity contribution is -0.137. The second-order valence-corrected chi connectivity index (χ2v) is 6.59. The van der Waals surface area contributed by atoms with Crippen LogP contribution in [0.1, 0.15) is 18.4 Å². The van der Waals surface area contributed by atoms with Crippen molar-refractivity contribution in [1.82, 2.24) is 4.90 Å². The van der Waals surface area contributed by atoms with Crippen LogP contribution in [0.4, 0.5) is 14.5 Å². The second kappa shape index (κ2) is 7.41. The van der Waals surface area contributed by atoms with Gasteiger partial charge >= 0.3 is 0 Å². The highest BCUT2D eigenvalue weighted by molar-refractivity contribution is 6.30. The van der Waals surface area contributed by atoms with Gasteiger partial charge in [0.2, 0.25) is 11.8 Å². The summed E-state index contributed by atoms with van der Waals surface area (Å²) in [5.41, 5.74) is 1.06. The maximum Gasteiger partial charge on any atom is 0.246 e. The monoisotopic (exact) mass is 378 g/mol. The van der Waals surface area contributed by atoms with Gasteiger partial charge in [-0.25, -0.2) is 8.78 Å². The lowest BCUT2D eigenvalue weighted by atomic mass is 9.99. The van der Waals surface area contributed by atoms with E-state index < -0.39 is 17.6 Å². The van der Waals surface area contributed by atoms with E-state index in [4.69, 9.17) is 11.6 Å². The molecule has 1 atom stereocenters. The van der Waals surface area contributed by atoms with Gasteiger partial charge in [-0.3, -0.25) is 9.59 Å². The Morgan fingerprint density at radius 1 is 1.15 bits per heavy atom. The van der Waals surface area contributed by atoms with Crippen LogP contribution in [0, 0.1) is 11.6 Å². The molecular formula is C19H17ClF2N2O2. The van der Waals surface area contributed by atoms with Crippen molar-refractivity contribution >= 4 is 29.1 Å². The molecule has 1 aliphatic rings. The van der Waals surface area contributed by atoms with Gasteiger partial charge in [0.25, 0.3) is 0 Å². The van der Waals surface area contributed by atoms with E-state index >= 15 is 0 Å². The molecule has 3 rings (SSSR count). The standard InChI is InChI=1S/C19H17ClF2N2O2/c1-12(13-5-6-17(22)16(20)9-13)19(26)23-7-8-24(18(25)11-23)15-4-2-3-14(21)10-15/h2-6,9-10,12H,7-8,11H2,1H3. The number of anilines is 1. The molecular weight excluding hydrogens is 362 g/mol. The molecule has 26 heavy (non-hydrogen) atoms. The number of piperazine rings is 1. The number of carbonyl (C=O) groups is 2. The van der Waals surface area contributed by atoms with Crippen LogP contribution in [0.2, 0.25) is 5.02 Å². The Morgan fingerprint density at radius 3 is 2.58 bits per heavy atom.